The van der Waals surface area contributed by atoms with Crippen molar-refractivity contribution in [2.75, 3.05) is 17.3 Å². The molecule has 0 aliphatic heterocycles. The van der Waals surface area contributed by atoms with E-state index in [-0.39, 0.29) is 18.1 Å². The molecule has 1 amide bonds. The van der Waals surface area contributed by atoms with Crippen molar-refractivity contribution in [3.8, 4) is 0 Å². The third-order valence-electron chi connectivity index (χ3n) is 2.05. The van der Waals surface area contributed by atoms with E-state index in [1.54, 1.807) is 24.3 Å². The Labute approximate surface area is 106 Å². The second-order valence-electron chi connectivity index (χ2n) is 3.79. The van der Waals surface area contributed by atoms with E-state index < -0.39 is 9.84 Å². The zero-order valence-corrected chi connectivity index (χ0v) is 11.0. The van der Waals surface area contributed by atoms with Gasteiger partial charge in [0.15, 0.2) is 0 Å². The molecule has 0 aliphatic rings. The lowest BCUT2D eigenvalue weighted by atomic mass is 10.3. The van der Waals surface area contributed by atoms with Gasteiger partial charge < -0.3 is 5.32 Å². The molecule has 0 aliphatic carbocycles. The lowest BCUT2D eigenvalue weighted by Crippen LogP contribution is -2.13. The fourth-order valence-corrected chi connectivity index (χ4v) is 2.05. The van der Waals surface area contributed by atoms with E-state index in [0.717, 1.165) is 6.26 Å². The fraction of sp³-hybridized carbons (Fsp3) is 0.364. The first kappa shape index (κ1) is 14.0. The predicted molar refractivity (Wildman–Crippen MR) is 69.0 cm³/mol. The summed E-state index contributed by atoms with van der Waals surface area (Å²) in [4.78, 5) is 11.4. The summed E-state index contributed by atoms with van der Waals surface area (Å²) in [5, 5.41) is 3.26. The smallest absolute Gasteiger partial charge is 0.224 e. The van der Waals surface area contributed by atoms with E-state index in [2.05, 4.69) is 5.32 Å². The number of carbonyl (C=O) groups is 1. The van der Waals surface area contributed by atoms with Crippen LogP contribution in [0.3, 0.4) is 0 Å². The first-order chi connectivity index (χ1) is 7.87. The fourth-order valence-electron chi connectivity index (χ4n) is 1.25. The van der Waals surface area contributed by atoms with Gasteiger partial charge in [0.25, 0.3) is 0 Å². The highest BCUT2D eigenvalue weighted by molar-refractivity contribution is 7.90. The van der Waals surface area contributed by atoms with Gasteiger partial charge >= 0.3 is 0 Å². The van der Waals surface area contributed by atoms with Gasteiger partial charge in [-0.25, -0.2) is 8.42 Å². The van der Waals surface area contributed by atoms with Gasteiger partial charge in [-0.15, -0.1) is 0 Å². The molecular formula is C11H14ClNO3S. The van der Waals surface area contributed by atoms with Crippen LogP contribution in [0.25, 0.3) is 0 Å². The first-order valence-corrected chi connectivity index (χ1v) is 7.54. The van der Waals surface area contributed by atoms with Crippen LogP contribution in [-0.2, 0) is 14.6 Å². The van der Waals surface area contributed by atoms with Gasteiger partial charge in [0.05, 0.1) is 5.75 Å². The largest absolute Gasteiger partial charge is 0.326 e. The topological polar surface area (TPSA) is 63.2 Å². The molecule has 0 fully saturated rings. The second-order valence-corrected chi connectivity index (χ2v) is 6.48. The Morgan fingerprint density at radius 1 is 1.29 bits per heavy atom. The quantitative estimate of drug-likeness (QED) is 0.895. The summed E-state index contributed by atoms with van der Waals surface area (Å²) in [5.74, 6) is -0.169. The van der Waals surface area contributed by atoms with Crippen molar-refractivity contribution in [3.05, 3.63) is 29.3 Å². The SMILES string of the molecule is CS(=O)(=O)CCCC(=O)Nc1ccc(Cl)cc1. The monoisotopic (exact) mass is 275 g/mol. The summed E-state index contributed by atoms with van der Waals surface area (Å²) in [6, 6.07) is 6.73. The lowest BCUT2D eigenvalue weighted by molar-refractivity contribution is -0.116. The maximum Gasteiger partial charge on any atom is 0.224 e. The van der Waals surface area contributed by atoms with Gasteiger partial charge in [-0.1, -0.05) is 11.6 Å². The van der Waals surface area contributed by atoms with Gasteiger partial charge in [0.2, 0.25) is 5.91 Å². The molecule has 1 aromatic carbocycles. The zero-order chi connectivity index (χ0) is 12.9. The van der Waals surface area contributed by atoms with Crippen molar-refractivity contribution in [1.82, 2.24) is 0 Å². The van der Waals surface area contributed by atoms with Crippen LogP contribution in [0.15, 0.2) is 24.3 Å². The van der Waals surface area contributed by atoms with Crippen LogP contribution < -0.4 is 5.32 Å². The average molecular weight is 276 g/mol. The van der Waals surface area contributed by atoms with Crippen LogP contribution in [0.4, 0.5) is 5.69 Å². The van der Waals surface area contributed by atoms with Gasteiger partial charge in [-0.2, -0.15) is 0 Å². The molecule has 0 aromatic heterocycles. The standard InChI is InChI=1S/C11H14ClNO3S/c1-17(15,16)8-2-3-11(14)13-10-6-4-9(12)5-7-10/h4-7H,2-3,8H2,1H3,(H,13,14). The molecule has 17 heavy (non-hydrogen) atoms. The summed E-state index contributed by atoms with van der Waals surface area (Å²) in [6.07, 6.45) is 1.68. The van der Waals surface area contributed by atoms with Gasteiger partial charge in [-0.05, 0) is 30.7 Å². The van der Waals surface area contributed by atoms with Crippen LogP contribution in [0.2, 0.25) is 5.02 Å². The van der Waals surface area contributed by atoms with Crippen molar-refractivity contribution in [1.29, 1.82) is 0 Å². The molecule has 94 valence electrons. The van der Waals surface area contributed by atoms with Crippen molar-refractivity contribution in [2.45, 2.75) is 12.8 Å². The van der Waals surface area contributed by atoms with Gasteiger partial charge in [0.1, 0.15) is 9.84 Å². The summed E-state index contributed by atoms with van der Waals surface area (Å²) in [7, 11) is -3.00. The molecule has 0 spiro atoms. The van der Waals surface area contributed by atoms with Gasteiger partial charge in [-0.3, -0.25) is 4.79 Å². The van der Waals surface area contributed by atoms with Crippen LogP contribution in [0.5, 0.6) is 0 Å². The number of anilines is 1. The Morgan fingerprint density at radius 3 is 2.41 bits per heavy atom. The van der Waals surface area contributed by atoms with E-state index in [9.17, 15) is 13.2 Å². The van der Waals surface area contributed by atoms with Crippen LogP contribution in [0.1, 0.15) is 12.8 Å². The second kappa shape index (κ2) is 6.02. The molecule has 0 atom stereocenters. The molecule has 0 unspecified atom stereocenters. The summed E-state index contributed by atoms with van der Waals surface area (Å²) in [5.41, 5.74) is 0.652. The molecule has 6 heteroatoms. The van der Waals surface area contributed by atoms with E-state index in [4.69, 9.17) is 11.6 Å². The molecule has 0 heterocycles. The molecule has 4 nitrogen and oxygen atoms in total. The number of carbonyl (C=O) groups excluding carboxylic acids is 1. The number of hydrogen-bond acceptors (Lipinski definition) is 3. The molecule has 0 radical (unpaired) electrons. The highest BCUT2D eigenvalue weighted by Crippen LogP contribution is 2.13. The minimum Gasteiger partial charge on any atom is -0.326 e. The molecule has 0 saturated heterocycles. The van der Waals surface area contributed by atoms with Crippen LogP contribution in [-0.4, -0.2) is 26.3 Å². The van der Waals surface area contributed by atoms with Crippen molar-refractivity contribution in [2.24, 2.45) is 0 Å². The van der Waals surface area contributed by atoms with E-state index >= 15 is 0 Å². The van der Waals surface area contributed by atoms with E-state index in [0.29, 0.717) is 17.1 Å². The number of rotatable bonds is 5. The molecule has 1 N–H and O–H groups in total. The summed E-state index contributed by atoms with van der Waals surface area (Å²) in [6.45, 7) is 0. The number of benzene rings is 1. The number of halogens is 1. The van der Waals surface area contributed by atoms with E-state index in [1.807, 2.05) is 0 Å². The minimum atomic E-state index is -3.00. The first-order valence-electron chi connectivity index (χ1n) is 5.10. The molecule has 1 aromatic rings. The molecule has 0 bridgehead atoms. The van der Waals surface area contributed by atoms with Crippen molar-refractivity contribution in [3.63, 3.8) is 0 Å². The third kappa shape index (κ3) is 6.28. The molecular weight excluding hydrogens is 262 g/mol. The van der Waals surface area contributed by atoms with Gasteiger partial charge in [0, 0.05) is 23.4 Å². The maximum absolute atomic E-state index is 11.4. The summed E-state index contributed by atoms with van der Waals surface area (Å²) >= 11 is 5.70. The molecule has 1 rings (SSSR count). The highest BCUT2D eigenvalue weighted by Gasteiger charge is 2.06. The van der Waals surface area contributed by atoms with E-state index in [1.165, 1.54) is 0 Å². The van der Waals surface area contributed by atoms with Crippen molar-refractivity contribution >= 4 is 33.0 Å². The number of amides is 1. The van der Waals surface area contributed by atoms with Crippen molar-refractivity contribution < 1.29 is 13.2 Å². The lowest BCUT2D eigenvalue weighted by Gasteiger charge is -2.04. The zero-order valence-electron chi connectivity index (χ0n) is 9.44. The predicted octanol–water partition coefficient (Wildman–Crippen LogP) is 2.10. The number of nitrogens with one attached hydrogen (secondary N) is 1. The average Bonchev–Trinajstić information content (AvgIpc) is 2.19. The molecule has 0 saturated carbocycles. The third-order valence-corrected chi connectivity index (χ3v) is 3.33. The number of hydrogen-bond donors (Lipinski definition) is 1. The Hall–Kier alpha value is -1.07. The Bertz CT molecular complexity index is 482. The Kier molecular flexibility index (Phi) is 4.96. The number of sulfone groups is 1. The Balaban J connectivity index is 2.37. The normalized spacial score (nSPS) is 11.2. The Morgan fingerprint density at radius 2 is 1.88 bits per heavy atom. The van der Waals surface area contributed by atoms with Crippen LogP contribution in [0, 0.1) is 0 Å². The maximum atomic E-state index is 11.4. The minimum absolute atomic E-state index is 0.0288. The highest BCUT2D eigenvalue weighted by atomic mass is 35.5. The summed E-state index contributed by atoms with van der Waals surface area (Å²) < 4.78 is 21.7. The van der Waals surface area contributed by atoms with Crippen LogP contribution >= 0.6 is 11.6 Å².